The topological polar surface area (TPSA) is 90.9 Å². The van der Waals surface area contributed by atoms with Gasteiger partial charge in [0.1, 0.15) is 0 Å². The van der Waals surface area contributed by atoms with Crippen LogP contribution in [-0.2, 0) is 9.53 Å². The van der Waals surface area contributed by atoms with E-state index in [0.717, 1.165) is 13.1 Å². The van der Waals surface area contributed by atoms with Gasteiger partial charge >= 0.3 is 12.0 Å². The van der Waals surface area contributed by atoms with Crippen molar-refractivity contribution in [1.29, 1.82) is 0 Å². The standard InChI is InChI=1S/C11H19N3O4/c15-10(16)9-2-1-8(18-9)7-13-11(17)14-5-3-12-4-6-14/h8-9,12H,1-7H2,(H,13,17)(H,15,16). The van der Waals surface area contributed by atoms with Crippen molar-refractivity contribution in [2.45, 2.75) is 25.0 Å². The van der Waals surface area contributed by atoms with Crippen LogP contribution in [0.15, 0.2) is 0 Å². The highest BCUT2D eigenvalue weighted by Crippen LogP contribution is 2.19. The van der Waals surface area contributed by atoms with Crippen LogP contribution in [0.2, 0.25) is 0 Å². The van der Waals surface area contributed by atoms with E-state index in [1.54, 1.807) is 4.90 Å². The first-order valence-corrected chi connectivity index (χ1v) is 6.28. The van der Waals surface area contributed by atoms with Crippen LogP contribution in [0.1, 0.15) is 12.8 Å². The fourth-order valence-electron chi connectivity index (χ4n) is 2.22. The molecule has 0 spiro atoms. The van der Waals surface area contributed by atoms with Crippen LogP contribution in [0.5, 0.6) is 0 Å². The highest BCUT2D eigenvalue weighted by molar-refractivity contribution is 5.74. The molecule has 2 atom stereocenters. The Balaban J connectivity index is 1.68. The Kier molecular flexibility index (Phi) is 4.38. The molecule has 0 aromatic rings. The van der Waals surface area contributed by atoms with Crippen molar-refractivity contribution < 1.29 is 19.4 Å². The average Bonchev–Trinajstić information content (AvgIpc) is 2.86. The molecule has 7 nitrogen and oxygen atoms in total. The highest BCUT2D eigenvalue weighted by Gasteiger charge is 2.30. The Morgan fingerprint density at radius 2 is 2.06 bits per heavy atom. The molecule has 0 aromatic carbocycles. The number of hydrogen-bond donors (Lipinski definition) is 3. The second kappa shape index (κ2) is 6.01. The Labute approximate surface area is 105 Å². The molecular weight excluding hydrogens is 238 g/mol. The minimum atomic E-state index is -0.925. The molecule has 0 radical (unpaired) electrons. The summed E-state index contributed by atoms with van der Waals surface area (Å²) in [6.45, 7) is 3.42. The lowest BCUT2D eigenvalue weighted by molar-refractivity contribution is -0.149. The normalized spacial score (nSPS) is 28.1. The first-order chi connectivity index (χ1) is 8.66. The van der Waals surface area contributed by atoms with Crippen LogP contribution in [0.25, 0.3) is 0 Å². The molecule has 2 unspecified atom stereocenters. The maximum atomic E-state index is 11.8. The molecule has 0 saturated carbocycles. The SMILES string of the molecule is O=C(O)C1CCC(CNC(=O)N2CCNCC2)O1. The van der Waals surface area contributed by atoms with Gasteiger partial charge in [-0.3, -0.25) is 0 Å². The van der Waals surface area contributed by atoms with Crippen molar-refractivity contribution in [3.05, 3.63) is 0 Å². The quantitative estimate of drug-likeness (QED) is 0.618. The molecule has 0 aliphatic carbocycles. The first kappa shape index (κ1) is 13.1. The number of aliphatic carboxylic acids is 1. The minimum absolute atomic E-state index is 0.0983. The average molecular weight is 257 g/mol. The second-order valence-electron chi connectivity index (χ2n) is 4.59. The first-order valence-electron chi connectivity index (χ1n) is 6.28. The van der Waals surface area contributed by atoms with E-state index in [1.165, 1.54) is 0 Å². The summed E-state index contributed by atoms with van der Waals surface area (Å²) in [5.41, 5.74) is 0. The third-order valence-electron chi connectivity index (χ3n) is 3.27. The summed E-state index contributed by atoms with van der Waals surface area (Å²) in [4.78, 5) is 24.2. The van der Waals surface area contributed by atoms with Crippen LogP contribution in [0.4, 0.5) is 4.79 Å². The van der Waals surface area contributed by atoms with Gasteiger partial charge in [0.25, 0.3) is 0 Å². The number of amides is 2. The zero-order valence-corrected chi connectivity index (χ0v) is 10.2. The second-order valence-corrected chi connectivity index (χ2v) is 4.59. The lowest BCUT2D eigenvalue weighted by Gasteiger charge is -2.28. The monoisotopic (exact) mass is 257 g/mol. The number of hydrogen-bond acceptors (Lipinski definition) is 4. The summed E-state index contributed by atoms with van der Waals surface area (Å²) in [5, 5.41) is 14.8. The number of nitrogens with one attached hydrogen (secondary N) is 2. The molecule has 102 valence electrons. The Morgan fingerprint density at radius 1 is 1.33 bits per heavy atom. The lowest BCUT2D eigenvalue weighted by Crippen LogP contribution is -2.51. The number of carboxylic acids is 1. The number of rotatable bonds is 3. The molecule has 2 aliphatic heterocycles. The third kappa shape index (κ3) is 3.33. The van der Waals surface area contributed by atoms with E-state index in [4.69, 9.17) is 9.84 Å². The minimum Gasteiger partial charge on any atom is -0.479 e. The van der Waals surface area contributed by atoms with Gasteiger partial charge < -0.3 is 25.4 Å². The van der Waals surface area contributed by atoms with Gasteiger partial charge in [-0.2, -0.15) is 0 Å². The number of ether oxygens (including phenoxy) is 1. The number of carboxylic acid groups (broad SMARTS) is 1. The molecule has 2 fully saturated rings. The van der Waals surface area contributed by atoms with E-state index in [2.05, 4.69) is 10.6 Å². The molecular formula is C11H19N3O4. The zero-order chi connectivity index (χ0) is 13.0. The fourth-order valence-corrected chi connectivity index (χ4v) is 2.22. The van der Waals surface area contributed by atoms with E-state index >= 15 is 0 Å². The van der Waals surface area contributed by atoms with Gasteiger partial charge in [0.2, 0.25) is 0 Å². The van der Waals surface area contributed by atoms with Crippen LogP contribution in [0, 0.1) is 0 Å². The predicted molar refractivity (Wildman–Crippen MR) is 63.4 cm³/mol. The summed E-state index contributed by atoms with van der Waals surface area (Å²) in [5.74, 6) is -0.925. The van der Waals surface area contributed by atoms with Gasteiger partial charge in [0, 0.05) is 32.7 Å². The molecule has 2 rings (SSSR count). The van der Waals surface area contributed by atoms with Gasteiger partial charge in [-0.15, -0.1) is 0 Å². The van der Waals surface area contributed by atoms with Crippen molar-refractivity contribution >= 4 is 12.0 Å². The number of nitrogens with zero attached hydrogens (tertiary/aromatic N) is 1. The van der Waals surface area contributed by atoms with E-state index < -0.39 is 12.1 Å². The van der Waals surface area contributed by atoms with Gasteiger partial charge in [0.05, 0.1) is 6.10 Å². The fraction of sp³-hybridized carbons (Fsp3) is 0.818. The molecule has 3 N–H and O–H groups in total. The summed E-state index contributed by atoms with van der Waals surface area (Å²) in [7, 11) is 0. The summed E-state index contributed by atoms with van der Waals surface area (Å²) in [6, 6.07) is -0.0983. The van der Waals surface area contributed by atoms with Crippen molar-refractivity contribution in [3.63, 3.8) is 0 Å². The number of carbonyl (C=O) groups excluding carboxylic acids is 1. The predicted octanol–water partition coefficient (Wildman–Crippen LogP) is -0.767. The largest absolute Gasteiger partial charge is 0.479 e. The van der Waals surface area contributed by atoms with E-state index in [0.29, 0.717) is 32.5 Å². The molecule has 2 amide bonds. The molecule has 2 aliphatic rings. The third-order valence-corrected chi connectivity index (χ3v) is 3.27. The summed E-state index contributed by atoms with van der Waals surface area (Å²) < 4.78 is 5.32. The van der Waals surface area contributed by atoms with Crippen molar-refractivity contribution in [2.75, 3.05) is 32.7 Å². The number of carbonyl (C=O) groups is 2. The Morgan fingerprint density at radius 3 is 2.67 bits per heavy atom. The van der Waals surface area contributed by atoms with Crippen LogP contribution >= 0.6 is 0 Å². The molecule has 2 heterocycles. The van der Waals surface area contributed by atoms with Crippen LogP contribution in [-0.4, -0.2) is 66.9 Å². The molecule has 0 aromatic heterocycles. The van der Waals surface area contributed by atoms with Crippen LogP contribution < -0.4 is 10.6 Å². The van der Waals surface area contributed by atoms with Gasteiger partial charge in [-0.1, -0.05) is 0 Å². The smallest absolute Gasteiger partial charge is 0.332 e. The van der Waals surface area contributed by atoms with Crippen molar-refractivity contribution in [2.24, 2.45) is 0 Å². The van der Waals surface area contributed by atoms with Gasteiger partial charge in [0.15, 0.2) is 6.10 Å². The lowest BCUT2D eigenvalue weighted by atomic mass is 10.2. The number of urea groups is 1. The molecule has 0 bridgehead atoms. The zero-order valence-electron chi connectivity index (χ0n) is 10.2. The molecule has 2 saturated heterocycles. The summed E-state index contributed by atoms with van der Waals surface area (Å²) in [6.07, 6.45) is 0.298. The van der Waals surface area contributed by atoms with Crippen LogP contribution in [0.3, 0.4) is 0 Å². The number of piperazine rings is 1. The molecule has 18 heavy (non-hydrogen) atoms. The Bertz CT molecular complexity index is 317. The van der Waals surface area contributed by atoms with Gasteiger partial charge in [-0.25, -0.2) is 9.59 Å². The highest BCUT2D eigenvalue weighted by atomic mass is 16.5. The van der Waals surface area contributed by atoms with Crippen molar-refractivity contribution in [3.8, 4) is 0 Å². The van der Waals surface area contributed by atoms with E-state index in [9.17, 15) is 9.59 Å². The van der Waals surface area contributed by atoms with E-state index in [1.807, 2.05) is 0 Å². The van der Waals surface area contributed by atoms with E-state index in [-0.39, 0.29) is 12.1 Å². The molecule has 7 heteroatoms. The maximum absolute atomic E-state index is 11.8. The maximum Gasteiger partial charge on any atom is 0.332 e. The summed E-state index contributed by atoms with van der Waals surface area (Å²) >= 11 is 0. The Hall–Kier alpha value is -1.34. The van der Waals surface area contributed by atoms with Gasteiger partial charge in [-0.05, 0) is 12.8 Å². The van der Waals surface area contributed by atoms with Crippen molar-refractivity contribution in [1.82, 2.24) is 15.5 Å².